The van der Waals surface area contributed by atoms with Crippen LogP contribution in [0.3, 0.4) is 0 Å². The number of nitrogens with zero attached hydrogens (tertiary/aromatic N) is 4. The predicted octanol–water partition coefficient (Wildman–Crippen LogP) is 4.52. The van der Waals surface area contributed by atoms with E-state index >= 15 is 0 Å². The molecule has 3 rings (SSSR count). The lowest BCUT2D eigenvalue weighted by atomic mass is 10.1. The van der Waals surface area contributed by atoms with Crippen LogP contribution in [0.5, 0.6) is 0 Å². The van der Waals surface area contributed by atoms with Crippen LogP contribution in [-0.4, -0.2) is 47.1 Å². The number of guanidine groups is 1. The number of nitrogens with one attached hydrogen (secondary N) is 2. The molecule has 1 saturated carbocycles. The molecular weight excluding hydrogens is 526 g/mol. The Kier molecular flexibility index (Phi) is 11.1. The van der Waals surface area contributed by atoms with Crippen molar-refractivity contribution in [2.75, 3.05) is 26.4 Å². The average Bonchev–Trinajstić information content (AvgIpc) is 3.40. The van der Waals surface area contributed by atoms with E-state index in [4.69, 9.17) is 0 Å². The summed E-state index contributed by atoms with van der Waals surface area (Å²) in [5.74, 6) is 1.70. The summed E-state index contributed by atoms with van der Waals surface area (Å²) >= 11 is 1.68. The van der Waals surface area contributed by atoms with E-state index in [1.165, 1.54) is 31.7 Å². The summed E-state index contributed by atoms with van der Waals surface area (Å²) < 4.78 is 15.6. The fourth-order valence-corrected chi connectivity index (χ4v) is 4.65. The van der Waals surface area contributed by atoms with Gasteiger partial charge >= 0.3 is 0 Å². The van der Waals surface area contributed by atoms with Crippen LogP contribution in [0, 0.1) is 12.7 Å². The van der Waals surface area contributed by atoms with Crippen molar-refractivity contribution in [2.24, 2.45) is 4.99 Å². The van der Waals surface area contributed by atoms with Crippen LogP contribution in [0.1, 0.15) is 55.1 Å². The second-order valence-electron chi connectivity index (χ2n) is 7.76. The summed E-state index contributed by atoms with van der Waals surface area (Å²) in [5.41, 5.74) is 2.13. The Labute approximate surface area is 206 Å². The van der Waals surface area contributed by atoms with Gasteiger partial charge in [0.25, 0.3) is 0 Å². The Balaban J connectivity index is 0.00000341. The fourth-order valence-electron chi connectivity index (χ4n) is 4.08. The molecule has 0 bridgehead atoms. The minimum Gasteiger partial charge on any atom is -0.356 e. The van der Waals surface area contributed by atoms with Gasteiger partial charge in [0, 0.05) is 32.6 Å². The highest BCUT2D eigenvalue weighted by Crippen LogP contribution is 2.33. The maximum atomic E-state index is 13.2. The van der Waals surface area contributed by atoms with Crippen LogP contribution >= 0.6 is 35.7 Å². The summed E-state index contributed by atoms with van der Waals surface area (Å²) in [4.78, 5) is 4.30. The van der Waals surface area contributed by atoms with Crippen LogP contribution < -0.4 is 10.6 Å². The standard InChI is InChI=1S/C22H33FN6S.HI/c1-16-15-18(23)11-10-17(16)12-14-26-21(24-2)25-13-6-9-20-27-28-22(30-3)29(20)19-7-4-5-8-19;/h10-11,15,19H,4-9,12-14H2,1-3H3,(H2,24,25,26);1H. The third-order valence-corrected chi connectivity index (χ3v) is 6.34. The molecule has 6 nitrogen and oxygen atoms in total. The van der Waals surface area contributed by atoms with Gasteiger partial charge in [-0.1, -0.05) is 30.7 Å². The van der Waals surface area contributed by atoms with E-state index in [-0.39, 0.29) is 29.8 Å². The van der Waals surface area contributed by atoms with E-state index in [2.05, 4.69) is 36.6 Å². The van der Waals surface area contributed by atoms with Gasteiger partial charge in [0.05, 0.1) is 0 Å². The number of hydrogen-bond donors (Lipinski definition) is 2. The minimum absolute atomic E-state index is 0. The second-order valence-corrected chi connectivity index (χ2v) is 8.53. The molecular formula is C22H34FIN6S. The molecule has 1 heterocycles. The van der Waals surface area contributed by atoms with Crippen LogP contribution in [0.25, 0.3) is 0 Å². The molecule has 172 valence electrons. The average molecular weight is 561 g/mol. The van der Waals surface area contributed by atoms with E-state index in [1.807, 2.05) is 13.0 Å². The van der Waals surface area contributed by atoms with Crippen molar-refractivity contribution in [1.29, 1.82) is 0 Å². The van der Waals surface area contributed by atoms with Crippen LogP contribution in [0.15, 0.2) is 28.3 Å². The molecule has 1 aromatic heterocycles. The Bertz CT molecular complexity index is 851. The molecule has 1 aliphatic rings. The van der Waals surface area contributed by atoms with Crippen molar-refractivity contribution in [1.82, 2.24) is 25.4 Å². The first-order valence-electron chi connectivity index (χ1n) is 10.8. The van der Waals surface area contributed by atoms with E-state index in [0.717, 1.165) is 60.4 Å². The summed E-state index contributed by atoms with van der Waals surface area (Å²) in [6, 6.07) is 5.51. The van der Waals surface area contributed by atoms with Gasteiger partial charge in [-0.05, 0) is 62.1 Å². The van der Waals surface area contributed by atoms with Crippen molar-refractivity contribution >= 4 is 41.7 Å². The first-order valence-corrected chi connectivity index (χ1v) is 12.0. The first-order chi connectivity index (χ1) is 14.6. The van der Waals surface area contributed by atoms with Crippen molar-refractivity contribution in [2.45, 2.75) is 63.1 Å². The van der Waals surface area contributed by atoms with E-state index in [1.54, 1.807) is 24.9 Å². The Morgan fingerprint density at radius 2 is 1.94 bits per heavy atom. The molecule has 31 heavy (non-hydrogen) atoms. The van der Waals surface area contributed by atoms with Gasteiger partial charge in [-0.15, -0.1) is 34.2 Å². The Morgan fingerprint density at radius 3 is 2.61 bits per heavy atom. The zero-order chi connectivity index (χ0) is 21.3. The quantitative estimate of drug-likeness (QED) is 0.155. The molecule has 1 aromatic carbocycles. The summed E-state index contributed by atoms with van der Waals surface area (Å²) in [6.07, 6.45) is 9.86. The number of aromatic nitrogens is 3. The summed E-state index contributed by atoms with van der Waals surface area (Å²) in [6.45, 7) is 3.51. The van der Waals surface area contributed by atoms with Gasteiger partial charge < -0.3 is 15.2 Å². The zero-order valence-electron chi connectivity index (χ0n) is 18.7. The van der Waals surface area contributed by atoms with Crippen molar-refractivity contribution in [3.63, 3.8) is 0 Å². The molecule has 9 heteroatoms. The number of rotatable bonds is 9. The number of thioether (sulfide) groups is 1. The van der Waals surface area contributed by atoms with Gasteiger partial charge in [0.1, 0.15) is 11.6 Å². The zero-order valence-corrected chi connectivity index (χ0v) is 21.8. The Hall–Kier alpha value is -1.36. The van der Waals surface area contributed by atoms with Crippen molar-refractivity contribution < 1.29 is 4.39 Å². The third kappa shape index (κ3) is 7.34. The largest absolute Gasteiger partial charge is 0.356 e. The molecule has 1 aliphatic carbocycles. The minimum atomic E-state index is -0.185. The van der Waals surface area contributed by atoms with Gasteiger partial charge in [0.15, 0.2) is 11.1 Å². The van der Waals surface area contributed by atoms with Gasteiger partial charge in [-0.3, -0.25) is 4.99 Å². The highest BCUT2D eigenvalue weighted by Gasteiger charge is 2.23. The maximum absolute atomic E-state index is 13.2. The highest BCUT2D eigenvalue weighted by atomic mass is 127. The Morgan fingerprint density at radius 1 is 1.19 bits per heavy atom. The summed E-state index contributed by atoms with van der Waals surface area (Å²) in [5, 5.41) is 16.6. The highest BCUT2D eigenvalue weighted by molar-refractivity contribution is 14.0. The lowest BCUT2D eigenvalue weighted by Gasteiger charge is -2.16. The van der Waals surface area contributed by atoms with Gasteiger partial charge in [0.2, 0.25) is 0 Å². The van der Waals surface area contributed by atoms with Gasteiger partial charge in [-0.25, -0.2) is 4.39 Å². The maximum Gasteiger partial charge on any atom is 0.191 e. The topological polar surface area (TPSA) is 67.1 Å². The molecule has 0 aliphatic heterocycles. The number of hydrogen-bond acceptors (Lipinski definition) is 4. The number of halogens is 2. The van der Waals surface area contributed by atoms with E-state index < -0.39 is 0 Å². The second kappa shape index (κ2) is 13.2. The van der Waals surface area contributed by atoms with E-state index in [9.17, 15) is 4.39 Å². The smallest absolute Gasteiger partial charge is 0.191 e. The molecule has 0 atom stereocenters. The van der Waals surface area contributed by atoms with Crippen molar-refractivity contribution in [3.8, 4) is 0 Å². The number of aryl methyl sites for hydroxylation is 2. The predicted molar refractivity (Wildman–Crippen MR) is 137 cm³/mol. The molecule has 0 amide bonds. The van der Waals surface area contributed by atoms with E-state index in [0.29, 0.717) is 6.04 Å². The molecule has 0 radical (unpaired) electrons. The van der Waals surface area contributed by atoms with Crippen LogP contribution in [-0.2, 0) is 12.8 Å². The summed E-state index contributed by atoms with van der Waals surface area (Å²) in [7, 11) is 1.78. The lowest BCUT2D eigenvalue weighted by Crippen LogP contribution is -2.39. The molecule has 2 N–H and O–H groups in total. The van der Waals surface area contributed by atoms with Crippen LogP contribution in [0.4, 0.5) is 4.39 Å². The normalized spacial score (nSPS) is 14.5. The molecule has 0 saturated heterocycles. The van der Waals surface area contributed by atoms with Gasteiger partial charge in [-0.2, -0.15) is 0 Å². The third-order valence-electron chi connectivity index (χ3n) is 5.69. The van der Waals surface area contributed by atoms with Crippen LogP contribution in [0.2, 0.25) is 0 Å². The monoisotopic (exact) mass is 560 g/mol. The molecule has 1 fully saturated rings. The first kappa shape index (κ1) is 25.9. The molecule has 2 aromatic rings. The number of aliphatic imine (C=N–C) groups is 1. The van der Waals surface area contributed by atoms with Crippen molar-refractivity contribution in [3.05, 3.63) is 41.0 Å². The molecule has 0 unspecified atom stereocenters. The fraction of sp³-hybridized carbons (Fsp3) is 0.591. The number of benzene rings is 1. The lowest BCUT2D eigenvalue weighted by molar-refractivity contribution is 0.460. The molecule has 0 spiro atoms. The SMILES string of the molecule is CN=C(NCCCc1nnc(SC)n1C1CCCC1)NCCc1ccc(F)cc1C.I.